The van der Waals surface area contributed by atoms with Crippen molar-refractivity contribution in [3.63, 3.8) is 0 Å². The van der Waals surface area contributed by atoms with Crippen molar-refractivity contribution < 1.29 is 43.5 Å². The van der Waals surface area contributed by atoms with Crippen LogP contribution in [0.5, 0.6) is 5.75 Å². The van der Waals surface area contributed by atoms with Crippen molar-refractivity contribution in [3.05, 3.63) is 54.1 Å². The highest BCUT2D eigenvalue weighted by Crippen LogP contribution is 2.30. The molecule has 0 bridgehead atoms. The molecule has 1 aliphatic carbocycles. The Bertz CT molecular complexity index is 1630. The lowest BCUT2D eigenvalue weighted by molar-refractivity contribution is -0.140. The smallest absolute Gasteiger partial charge is 0.274 e. The zero-order chi connectivity index (χ0) is 41.2. The van der Waals surface area contributed by atoms with Crippen molar-refractivity contribution in [2.45, 2.75) is 103 Å². The maximum atomic E-state index is 14.1. The number of nitrogens with zero attached hydrogens (tertiary/aromatic N) is 2. The molecule has 3 aromatic rings. The Morgan fingerprint density at radius 3 is 2.26 bits per heavy atom. The number of aliphatic hydroxyl groups excluding tert-OH is 2. The Hall–Kier alpha value is -4.15. The number of aliphatic hydroxyl groups is 2. The van der Waals surface area contributed by atoms with Crippen LogP contribution in [0, 0.1) is 23.7 Å². The number of H-pyrrole nitrogens is 1. The Morgan fingerprint density at radius 1 is 0.877 bits per heavy atom. The summed E-state index contributed by atoms with van der Waals surface area (Å²) in [6, 6.07) is 9.05. The van der Waals surface area contributed by atoms with Crippen LogP contribution in [-0.2, 0) is 30.3 Å². The normalized spacial score (nSPS) is 16.7. The summed E-state index contributed by atoms with van der Waals surface area (Å²) in [4.78, 5) is 53.5. The number of ether oxygens (including phenoxy) is 4. The molecule has 316 valence electrons. The Morgan fingerprint density at radius 2 is 1.58 bits per heavy atom. The van der Waals surface area contributed by atoms with Crippen LogP contribution >= 0.6 is 0 Å². The molecule has 1 fully saturated rings. The van der Waals surface area contributed by atoms with E-state index in [1.807, 2.05) is 38.1 Å². The number of hydrogen-bond acceptors (Lipinski definition) is 11. The van der Waals surface area contributed by atoms with Gasteiger partial charge in [-0.2, -0.15) is 0 Å². The Balaban J connectivity index is 1.43. The predicted molar refractivity (Wildman–Crippen MR) is 215 cm³/mol. The zero-order valence-corrected chi connectivity index (χ0v) is 34.2. The van der Waals surface area contributed by atoms with E-state index in [1.54, 1.807) is 33.1 Å². The van der Waals surface area contributed by atoms with Gasteiger partial charge in [-0.1, -0.05) is 78.4 Å². The minimum atomic E-state index is -1.56. The van der Waals surface area contributed by atoms with E-state index in [2.05, 4.69) is 30.9 Å². The summed E-state index contributed by atoms with van der Waals surface area (Å²) in [7, 11) is 1.61. The highest BCUT2D eigenvalue weighted by Gasteiger charge is 2.41. The molecule has 6 N–H and O–H groups in total. The van der Waals surface area contributed by atoms with Gasteiger partial charge in [0.1, 0.15) is 24.6 Å². The first-order valence-electron chi connectivity index (χ1n) is 20.4. The molecule has 2 aromatic heterocycles. The molecular weight excluding hydrogens is 732 g/mol. The number of pyridine rings is 1. The molecule has 0 saturated heterocycles. The van der Waals surface area contributed by atoms with Gasteiger partial charge in [0.05, 0.1) is 68.7 Å². The number of rotatable bonds is 25. The third-order valence-corrected chi connectivity index (χ3v) is 10.7. The van der Waals surface area contributed by atoms with E-state index in [-0.39, 0.29) is 48.9 Å². The highest BCUT2D eigenvalue weighted by atomic mass is 16.6. The van der Waals surface area contributed by atoms with E-state index in [9.17, 15) is 24.6 Å². The molecule has 15 nitrogen and oxygen atoms in total. The number of aromatic nitrogens is 3. The molecule has 1 saturated carbocycles. The van der Waals surface area contributed by atoms with Crippen LogP contribution in [-0.4, -0.2) is 114 Å². The fourth-order valence-electron chi connectivity index (χ4n) is 7.28. The average Bonchev–Trinajstić information content (AvgIpc) is 3.64. The van der Waals surface area contributed by atoms with E-state index in [4.69, 9.17) is 18.9 Å². The second-order valence-electron chi connectivity index (χ2n) is 15.3. The predicted octanol–water partition coefficient (Wildman–Crippen LogP) is 3.93. The number of carbonyl (C=O) groups excluding carboxylic acids is 3. The molecule has 3 amide bonds. The van der Waals surface area contributed by atoms with Crippen molar-refractivity contribution in [3.8, 4) is 5.75 Å². The molecule has 0 aliphatic heterocycles. The first-order valence-corrected chi connectivity index (χ1v) is 20.4. The number of carbonyl (C=O) groups is 3. The Kier molecular flexibility index (Phi) is 19.1. The van der Waals surface area contributed by atoms with Crippen LogP contribution < -0.4 is 20.7 Å². The summed E-state index contributed by atoms with van der Waals surface area (Å²) in [5.41, 5.74) is 1.66. The molecule has 15 heteroatoms. The maximum Gasteiger partial charge on any atom is 0.274 e. The molecule has 1 aromatic carbocycles. The van der Waals surface area contributed by atoms with Crippen LogP contribution in [0.3, 0.4) is 0 Å². The van der Waals surface area contributed by atoms with E-state index in [0.29, 0.717) is 45.1 Å². The quantitative estimate of drug-likeness (QED) is 0.0678. The van der Waals surface area contributed by atoms with Gasteiger partial charge in [0, 0.05) is 13.3 Å². The summed E-state index contributed by atoms with van der Waals surface area (Å²) in [5.74, 6) is -2.25. The summed E-state index contributed by atoms with van der Waals surface area (Å²) in [6.07, 6.45) is 4.47. The van der Waals surface area contributed by atoms with Crippen molar-refractivity contribution in [2.75, 3.05) is 46.8 Å². The van der Waals surface area contributed by atoms with Crippen LogP contribution in [0.2, 0.25) is 0 Å². The minimum absolute atomic E-state index is 0.0268. The molecule has 2 heterocycles. The van der Waals surface area contributed by atoms with Crippen LogP contribution in [0.1, 0.15) is 89.0 Å². The standard InChI is InChI=1S/C42H64N6O9/c1-6-28(4)36(41(52)44-26-34-45-30-15-10-11-16-31(30)46-34)48-40(51)35(27(2)3)39(50)38(49)32(25-29-13-8-7-9-14-29)47-42(53)37-33(17-12-18-43-37)57-24-23-56-22-21-55-20-19-54-5/h10-12,15-18,27-29,32,35-36,38-39,49-50H,6-9,13-14,19-26H2,1-5H3,(H,44,52)(H,45,46)(H,47,53)(H,48,51)/t28-,32-,35+,36-,38+,39+/m0/s1. The third kappa shape index (κ3) is 14.0. The van der Waals surface area contributed by atoms with Crippen molar-refractivity contribution >= 4 is 28.8 Å². The molecule has 0 spiro atoms. The lowest BCUT2D eigenvalue weighted by Crippen LogP contribution is -2.57. The fourth-order valence-corrected chi connectivity index (χ4v) is 7.28. The topological polar surface area (TPSA) is 206 Å². The maximum absolute atomic E-state index is 14.1. The number of aromatic amines is 1. The minimum Gasteiger partial charge on any atom is -0.489 e. The SMILES string of the molecule is CC[C@H](C)[C@H](NC(=O)[C@H](C(C)C)[C@@H](O)[C@H](O)[C@H](CC1CCCCC1)NC(=O)c1ncccc1OCCOCCOCCOC)C(=O)NCc1nc2ccccc2[nH]1. The largest absolute Gasteiger partial charge is 0.489 e. The summed E-state index contributed by atoms with van der Waals surface area (Å²) in [5, 5.41) is 32.4. The first kappa shape index (κ1) is 45.6. The number of methoxy groups -OCH3 is 1. The second-order valence-corrected chi connectivity index (χ2v) is 15.3. The number of nitrogens with one attached hydrogen (secondary N) is 4. The van der Waals surface area contributed by atoms with E-state index >= 15 is 0 Å². The molecule has 0 radical (unpaired) electrons. The van der Waals surface area contributed by atoms with Gasteiger partial charge in [-0.05, 0) is 48.4 Å². The van der Waals surface area contributed by atoms with Gasteiger partial charge >= 0.3 is 0 Å². The van der Waals surface area contributed by atoms with Gasteiger partial charge < -0.3 is 50.1 Å². The second kappa shape index (κ2) is 23.9. The summed E-state index contributed by atoms with van der Waals surface area (Å²) < 4.78 is 21.8. The van der Waals surface area contributed by atoms with Crippen LogP contribution in [0.4, 0.5) is 0 Å². The third-order valence-electron chi connectivity index (χ3n) is 10.7. The van der Waals surface area contributed by atoms with Crippen molar-refractivity contribution in [2.24, 2.45) is 23.7 Å². The number of para-hydroxylation sites is 2. The van der Waals surface area contributed by atoms with Crippen molar-refractivity contribution in [1.29, 1.82) is 0 Å². The van der Waals surface area contributed by atoms with Crippen LogP contribution in [0.15, 0.2) is 42.6 Å². The number of amides is 3. The van der Waals surface area contributed by atoms with Crippen LogP contribution in [0.25, 0.3) is 11.0 Å². The number of fused-ring (bicyclic) bond motifs is 1. The lowest BCUT2D eigenvalue weighted by Gasteiger charge is -2.36. The first-order chi connectivity index (χ1) is 27.5. The molecule has 57 heavy (non-hydrogen) atoms. The molecule has 1 aliphatic rings. The Labute approximate surface area is 336 Å². The van der Waals surface area contributed by atoms with Gasteiger partial charge in [0.25, 0.3) is 5.91 Å². The van der Waals surface area contributed by atoms with E-state index in [1.165, 1.54) is 6.20 Å². The average molecular weight is 797 g/mol. The van der Waals surface area contributed by atoms with Crippen molar-refractivity contribution in [1.82, 2.24) is 30.9 Å². The molecule has 6 atom stereocenters. The van der Waals surface area contributed by atoms with Gasteiger partial charge in [-0.3, -0.25) is 14.4 Å². The van der Waals surface area contributed by atoms with Gasteiger partial charge in [-0.15, -0.1) is 0 Å². The number of hydrogen-bond donors (Lipinski definition) is 6. The zero-order valence-electron chi connectivity index (χ0n) is 34.2. The molecule has 4 rings (SSSR count). The lowest BCUT2D eigenvalue weighted by atomic mass is 9.79. The highest BCUT2D eigenvalue weighted by molar-refractivity contribution is 5.95. The summed E-state index contributed by atoms with van der Waals surface area (Å²) in [6.45, 7) is 9.71. The summed E-state index contributed by atoms with van der Waals surface area (Å²) >= 11 is 0. The van der Waals surface area contributed by atoms with E-state index in [0.717, 1.165) is 43.1 Å². The number of benzene rings is 1. The number of imidazole rings is 1. The fraction of sp³-hybridized carbons (Fsp3) is 0.643. The van der Waals surface area contributed by atoms with Gasteiger partial charge in [0.15, 0.2) is 11.4 Å². The van der Waals surface area contributed by atoms with Gasteiger partial charge in [-0.25, -0.2) is 9.97 Å². The monoisotopic (exact) mass is 796 g/mol. The van der Waals surface area contributed by atoms with E-state index < -0.39 is 47.9 Å². The van der Waals surface area contributed by atoms with Gasteiger partial charge in [0.2, 0.25) is 11.8 Å². The molecular formula is C42H64N6O9. The molecule has 0 unspecified atom stereocenters.